The van der Waals surface area contributed by atoms with Crippen molar-refractivity contribution in [3.05, 3.63) is 22.7 Å². The van der Waals surface area contributed by atoms with Gasteiger partial charge in [0, 0.05) is 12.1 Å². The van der Waals surface area contributed by atoms with Gasteiger partial charge < -0.3 is 10.5 Å². The Kier molecular flexibility index (Phi) is 4.84. The summed E-state index contributed by atoms with van der Waals surface area (Å²) in [7, 11) is -2.20. The fourth-order valence-electron chi connectivity index (χ4n) is 1.54. The number of nitrogens with two attached hydrogens (primary N) is 1. The summed E-state index contributed by atoms with van der Waals surface area (Å²) in [6, 6.07) is 2.97. The Hall–Kier alpha value is -0.820. The van der Waals surface area contributed by atoms with Gasteiger partial charge in [0.2, 0.25) is 10.0 Å². The van der Waals surface area contributed by atoms with Crippen LogP contribution in [0.5, 0.6) is 5.75 Å². The number of halogens is 1. The minimum atomic E-state index is -3.68. The number of ether oxygens (including phenoxy) is 1. The molecule has 19 heavy (non-hydrogen) atoms. The average molecular weight is 307 g/mol. The lowest BCUT2D eigenvalue weighted by molar-refractivity contribution is 0.414. The van der Waals surface area contributed by atoms with Gasteiger partial charge in [0.1, 0.15) is 5.75 Å². The zero-order valence-electron chi connectivity index (χ0n) is 11.5. The van der Waals surface area contributed by atoms with Gasteiger partial charge >= 0.3 is 0 Å². The van der Waals surface area contributed by atoms with Gasteiger partial charge in [0.15, 0.2) is 0 Å². The highest BCUT2D eigenvalue weighted by Crippen LogP contribution is 2.30. The third kappa shape index (κ3) is 3.82. The minimum Gasteiger partial charge on any atom is -0.495 e. The van der Waals surface area contributed by atoms with E-state index in [0.717, 1.165) is 0 Å². The molecule has 0 atom stereocenters. The van der Waals surface area contributed by atoms with Crippen molar-refractivity contribution in [1.29, 1.82) is 0 Å². The first-order chi connectivity index (χ1) is 8.63. The third-order valence-corrected chi connectivity index (χ3v) is 4.80. The van der Waals surface area contributed by atoms with Crippen LogP contribution in [0.25, 0.3) is 0 Å². The second kappa shape index (κ2) is 5.66. The minimum absolute atomic E-state index is 0.125. The largest absolute Gasteiger partial charge is 0.495 e. The number of hydrogen-bond donors (Lipinski definition) is 2. The molecule has 1 aromatic rings. The summed E-state index contributed by atoms with van der Waals surface area (Å²) in [6.07, 6.45) is 0. The van der Waals surface area contributed by atoms with Gasteiger partial charge in [-0.1, -0.05) is 11.6 Å². The molecule has 0 bridgehead atoms. The smallest absolute Gasteiger partial charge is 0.241 e. The highest BCUT2D eigenvalue weighted by Gasteiger charge is 2.26. The van der Waals surface area contributed by atoms with Gasteiger partial charge in [-0.15, -0.1) is 0 Å². The molecule has 0 fully saturated rings. The summed E-state index contributed by atoms with van der Waals surface area (Å²) in [4.78, 5) is 0.125. The molecule has 0 saturated heterocycles. The zero-order chi connectivity index (χ0) is 14.8. The lowest BCUT2D eigenvalue weighted by atomic mass is 10.1. The van der Waals surface area contributed by atoms with E-state index in [2.05, 4.69) is 4.72 Å². The number of hydrogen-bond acceptors (Lipinski definition) is 4. The number of sulfonamides is 1. The summed E-state index contributed by atoms with van der Waals surface area (Å²) in [5, 5.41) is 0.249. The van der Waals surface area contributed by atoms with Crippen LogP contribution in [0.1, 0.15) is 19.4 Å². The zero-order valence-corrected chi connectivity index (χ0v) is 13.0. The SMILES string of the molecule is COc1cc(C)c(S(=O)(=O)NC(C)(C)CN)cc1Cl. The van der Waals surface area contributed by atoms with Crippen molar-refractivity contribution in [2.45, 2.75) is 31.2 Å². The number of aryl methyl sites for hydroxylation is 1. The lowest BCUT2D eigenvalue weighted by Gasteiger charge is -2.24. The van der Waals surface area contributed by atoms with E-state index in [9.17, 15) is 8.42 Å². The molecular weight excluding hydrogens is 288 g/mol. The van der Waals surface area contributed by atoms with Crippen molar-refractivity contribution in [3.8, 4) is 5.75 Å². The third-order valence-electron chi connectivity index (χ3n) is 2.66. The Bertz CT molecular complexity index is 571. The van der Waals surface area contributed by atoms with Crippen LogP contribution in [0, 0.1) is 6.92 Å². The second-order valence-corrected chi connectivity index (χ2v) is 7.00. The molecule has 0 spiro atoms. The Labute approximate surface area is 119 Å². The van der Waals surface area contributed by atoms with E-state index in [-0.39, 0.29) is 16.5 Å². The van der Waals surface area contributed by atoms with Crippen LogP contribution < -0.4 is 15.2 Å². The van der Waals surface area contributed by atoms with Gasteiger partial charge in [0.25, 0.3) is 0 Å². The topological polar surface area (TPSA) is 81.4 Å². The van der Waals surface area contributed by atoms with E-state index in [1.54, 1.807) is 26.8 Å². The predicted octanol–water partition coefficient (Wildman–Crippen LogP) is 1.67. The van der Waals surface area contributed by atoms with Crippen LogP contribution in [0.3, 0.4) is 0 Å². The van der Waals surface area contributed by atoms with Gasteiger partial charge in [-0.2, -0.15) is 0 Å². The molecule has 108 valence electrons. The molecule has 0 heterocycles. The van der Waals surface area contributed by atoms with Crippen LogP contribution in [0.15, 0.2) is 17.0 Å². The number of methoxy groups -OCH3 is 1. The van der Waals surface area contributed by atoms with Crippen molar-refractivity contribution in [1.82, 2.24) is 4.72 Å². The Morgan fingerprint density at radius 2 is 2.00 bits per heavy atom. The maximum atomic E-state index is 12.3. The molecule has 0 aliphatic carbocycles. The van der Waals surface area contributed by atoms with Crippen molar-refractivity contribution in [3.63, 3.8) is 0 Å². The molecule has 0 unspecified atom stereocenters. The molecule has 0 aromatic heterocycles. The first-order valence-electron chi connectivity index (χ1n) is 5.71. The first kappa shape index (κ1) is 16.2. The van der Waals surface area contributed by atoms with Gasteiger partial charge in [-0.3, -0.25) is 0 Å². The van der Waals surface area contributed by atoms with E-state index in [0.29, 0.717) is 11.3 Å². The average Bonchev–Trinajstić information content (AvgIpc) is 2.30. The normalized spacial score (nSPS) is 12.5. The number of rotatable bonds is 5. The van der Waals surface area contributed by atoms with E-state index in [1.165, 1.54) is 13.2 Å². The molecule has 0 aliphatic heterocycles. The monoisotopic (exact) mass is 306 g/mol. The fraction of sp³-hybridized carbons (Fsp3) is 0.500. The first-order valence-corrected chi connectivity index (χ1v) is 7.57. The number of nitrogens with one attached hydrogen (secondary N) is 1. The van der Waals surface area contributed by atoms with Crippen molar-refractivity contribution in [2.24, 2.45) is 5.73 Å². The maximum Gasteiger partial charge on any atom is 0.241 e. The van der Waals surface area contributed by atoms with Crippen LogP contribution in [-0.2, 0) is 10.0 Å². The Morgan fingerprint density at radius 3 is 2.47 bits per heavy atom. The maximum absolute atomic E-state index is 12.3. The van der Waals surface area contributed by atoms with Crippen LogP contribution >= 0.6 is 11.6 Å². The molecular formula is C12H19ClN2O3S. The van der Waals surface area contributed by atoms with Gasteiger partial charge in [-0.05, 0) is 38.5 Å². The van der Waals surface area contributed by atoms with Gasteiger partial charge in [-0.25, -0.2) is 13.1 Å². The van der Waals surface area contributed by atoms with Crippen molar-refractivity contribution in [2.75, 3.05) is 13.7 Å². The summed E-state index contributed by atoms with van der Waals surface area (Å²) >= 11 is 5.97. The van der Waals surface area contributed by atoms with E-state index in [1.807, 2.05) is 0 Å². The molecule has 0 amide bonds. The van der Waals surface area contributed by atoms with E-state index in [4.69, 9.17) is 22.1 Å². The summed E-state index contributed by atoms with van der Waals surface area (Å²) in [5.74, 6) is 0.441. The van der Waals surface area contributed by atoms with Crippen molar-refractivity contribution >= 4 is 21.6 Å². The molecule has 0 saturated carbocycles. The quantitative estimate of drug-likeness (QED) is 0.867. The molecule has 5 nitrogen and oxygen atoms in total. The van der Waals surface area contributed by atoms with Gasteiger partial charge in [0.05, 0.1) is 17.0 Å². The molecule has 1 aromatic carbocycles. The molecule has 1 rings (SSSR count). The number of benzene rings is 1. The summed E-state index contributed by atoms with van der Waals surface area (Å²) in [6.45, 7) is 5.30. The standard InChI is InChI=1S/C12H19ClN2O3S/c1-8-5-10(18-4)9(13)6-11(8)19(16,17)15-12(2,3)7-14/h5-6,15H,7,14H2,1-4H3. The van der Waals surface area contributed by atoms with Crippen molar-refractivity contribution < 1.29 is 13.2 Å². The molecule has 7 heteroatoms. The summed E-state index contributed by atoms with van der Waals surface area (Å²) in [5.41, 5.74) is 5.36. The summed E-state index contributed by atoms with van der Waals surface area (Å²) < 4.78 is 32.2. The highest BCUT2D eigenvalue weighted by molar-refractivity contribution is 7.89. The Balaban J connectivity index is 3.27. The predicted molar refractivity (Wildman–Crippen MR) is 76.2 cm³/mol. The molecule has 3 N–H and O–H groups in total. The van der Waals surface area contributed by atoms with Crippen LogP contribution in [0.2, 0.25) is 5.02 Å². The molecule has 0 aliphatic rings. The highest BCUT2D eigenvalue weighted by atomic mass is 35.5. The van der Waals surface area contributed by atoms with Crippen LogP contribution in [0.4, 0.5) is 0 Å². The lowest BCUT2D eigenvalue weighted by Crippen LogP contribution is -2.48. The van der Waals surface area contributed by atoms with E-state index >= 15 is 0 Å². The second-order valence-electron chi connectivity index (χ2n) is 4.95. The Morgan fingerprint density at radius 1 is 1.42 bits per heavy atom. The van der Waals surface area contributed by atoms with Crippen LogP contribution in [-0.4, -0.2) is 27.6 Å². The van der Waals surface area contributed by atoms with E-state index < -0.39 is 15.6 Å². The molecule has 0 radical (unpaired) electrons. The fourth-order valence-corrected chi connectivity index (χ4v) is 3.53.